The molecule has 0 aromatic heterocycles. The molecule has 4 rings (SSSR count). The van der Waals surface area contributed by atoms with Gasteiger partial charge in [0.1, 0.15) is 5.82 Å². The van der Waals surface area contributed by atoms with Crippen molar-refractivity contribution in [1.29, 1.82) is 0 Å². The van der Waals surface area contributed by atoms with Gasteiger partial charge in [-0.2, -0.15) is 0 Å². The predicted octanol–water partition coefficient (Wildman–Crippen LogP) is 5.00. The minimum atomic E-state index is -0.311. The van der Waals surface area contributed by atoms with E-state index in [0.717, 1.165) is 31.5 Å². The Bertz CT molecular complexity index is 943. The van der Waals surface area contributed by atoms with Gasteiger partial charge in [0.05, 0.1) is 12.1 Å². The Hall–Kier alpha value is -1.95. The lowest BCUT2D eigenvalue weighted by Crippen LogP contribution is -2.50. The van der Waals surface area contributed by atoms with E-state index in [1.165, 1.54) is 23.3 Å². The second-order valence-corrected chi connectivity index (χ2v) is 8.94. The summed E-state index contributed by atoms with van der Waals surface area (Å²) >= 11 is 6.26. The molecule has 4 nitrogen and oxygen atoms in total. The summed E-state index contributed by atoms with van der Waals surface area (Å²) in [7, 11) is 0. The van der Waals surface area contributed by atoms with Crippen LogP contribution in [0.15, 0.2) is 42.5 Å². The topological polar surface area (TPSA) is 41.6 Å². The highest BCUT2D eigenvalue weighted by atomic mass is 35.5. The summed E-state index contributed by atoms with van der Waals surface area (Å²) < 4.78 is 19.7. The van der Waals surface area contributed by atoms with Crippen LogP contribution in [-0.4, -0.2) is 36.6 Å². The molecule has 1 fully saturated rings. The quantitative estimate of drug-likeness (QED) is 0.681. The highest BCUT2D eigenvalue weighted by Gasteiger charge is 2.54. The summed E-state index contributed by atoms with van der Waals surface area (Å²) in [4.78, 5) is 14.7. The highest BCUT2D eigenvalue weighted by Crippen LogP contribution is 2.52. The van der Waals surface area contributed by atoms with Gasteiger partial charge in [-0.1, -0.05) is 48.9 Å². The normalized spacial score (nSPS) is 22.5. The van der Waals surface area contributed by atoms with E-state index in [1.54, 1.807) is 6.07 Å². The van der Waals surface area contributed by atoms with Crippen molar-refractivity contribution in [3.63, 3.8) is 0 Å². The maximum Gasteiger partial charge on any atom is 0.220 e. The van der Waals surface area contributed by atoms with Gasteiger partial charge in [-0.05, 0) is 61.7 Å². The first-order chi connectivity index (χ1) is 15.0. The number of rotatable bonds is 6. The molecular weight excluding hydrogens is 415 g/mol. The van der Waals surface area contributed by atoms with Gasteiger partial charge in [-0.25, -0.2) is 4.39 Å². The van der Waals surface area contributed by atoms with Crippen LogP contribution in [0.25, 0.3) is 0 Å². The summed E-state index contributed by atoms with van der Waals surface area (Å²) in [6.07, 6.45) is 2.25. The van der Waals surface area contributed by atoms with Crippen molar-refractivity contribution in [2.24, 2.45) is 0 Å². The zero-order chi connectivity index (χ0) is 22.0. The summed E-state index contributed by atoms with van der Waals surface area (Å²) in [5, 5.41) is 3.70. The Kier molecular flexibility index (Phi) is 6.65. The fourth-order valence-electron chi connectivity index (χ4n) is 5.28. The second kappa shape index (κ2) is 9.27. The number of halogens is 2. The van der Waals surface area contributed by atoms with Crippen LogP contribution in [0.2, 0.25) is 5.02 Å². The lowest BCUT2D eigenvalue weighted by molar-refractivity contribution is -0.123. The van der Waals surface area contributed by atoms with Crippen molar-refractivity contribution in [3.8, 4) is 0 Å². The molecular formula is C25H30ClFN2O2. The number of carbonyl (C=O) groups is 1. The monoisotopic (exact) mass is 444 g/mol. The third kappa shape index (κ3) is 4.23. The molecule has 31 heavy (non-hydrogen) atoms. The van der Waals surface area contributed by atoms with E-state index >= 15 is 0 Å². The fraction of sp³-hybridized carbons (Fsp3) is 0.480. The summed E-state index contributed by atoms with van der Waals surface area (Å²) in [5.74, 6) is -0.265. The number of fused-ring (bicyclic) bond motifs is 2. The number of nitrogens with one attached hydrogen (secondary N) is 1. The van der Waals surface area contributed by atoms with Gasteiger partial charge in [0.2, 0.25) is 5.91 Å². The van der Waals surface area contributed by atoms with Crippen LogP contribution < -0.4 is 5.32 Å². The third-order valence-electron chi connectivity index (χ3n) is 6.82. The van der Waals surface area contributed by atoms with E-state index in [2.05, 4.69) is 28.4 Å². The zero-order valence-corrected chi connectivity index (χ0v) is 18.9. The molecule has 1 heterocycles. The highest BCUT2D eigenvalue weighted by molar-refractivity contribution is 6.31. The number of likely N-dealkylation sites (tertiary alicyclic amines) is 1. The number of hydrogen-bond donors (Lipinski definition) is 1. The third-order valence-corrected chi connectivity index (χ3v) is 7.17. The van der Waals surface area contributed by atoms with Gasteiger partial charge in [-0.3, -0.25) is 9.69 Å². The Morgan fingerprint density at radius 1 is 1.23 bits per heavy atom. The number of piperidine rings is 1. The molecule has 2 aliphatic rings. The Labute approximate surface area is 188 Å². The minimum Gasteiger partial charge on any atom is -0.375 e. The lowest BCUT2D eigenvalue weighted by Gasteiger charge is -2.44. The van der Waals surface area contributed by atoms with Crippen molar-refractivity contribution >= 4 is 17.5 Å². The van der Waals surface area contributed by atoms with Crippen LogP contribution in [0.3, 0.4) is 0 Å². The first kappa shape index (κ1) is 22.3. The van der Waals surface area contributed by atoms with Crippen molar-refractivity contribution in [1.82, 2.24) is 10.2 Å². The maximum atomic E-state index is 13.4. The maximum absolute atomic E-state index is 13.4. The van der Waals surface area contributed by atoms with Crippen molar-refractivity contribution in [3.05, 3.63) is 70.0 Å². The van der Waals surface area contributed by atoms with E-state index in [1.807, 2.05) is 19.9 Å². The first-order valence-electron chi connectivity index (χ1n) is 11.1. The molecule has 166 valence electrons. The van der Waals surface area contributed by atoms with Gasteiger partial charge in [-0.15, -0.1) is 0 Å². The summed E-state index contributed by atoms with van der Waals surface area (Å²) in [6, 6.07) is 12.9. The molecule has 1 aliphatic carbocycles. The van der Waals surface area contributed by atoms with Gasteiger partial charge >= 0.3 is 0 Å². The molecule has 1 spiro atoms. The van der Waals surface area contributed by atoms with E-state index in [-0.39, 0.29) is 29.3 Å². The van der Waals surface area contributed by atoms with Gasteiger partial charge in [0, 0.05) is 30.0 Å². The first-order valence-corrected chi connectivity index (χ1v) is 11.5. The number of carbonyl (C=O) groups excluding carboxylic acids is 1. The van der Waals surface area contributed by atoms with Gasteiger partial charge in [0.25, 0.3) is 0 Å². The summed E-state index contributed by atoms with van der Waals surface area (Å²) in [6.45, 7) is 6.97. The molecule has 0 bridgehead atoms. The molecule has 0 unspecified atom stereocenters. The Balaban J connectivity index is 1.58. The smallest absolute Gasteiger partial charge is 0.220 e. The van der Waals surface area contributed by atoms with E-state index < -0.39 is 0 Å². The molecule has 1 saturated heterocycles. The molecule has 2 atom stereocenters. The van der Waals surface area contributed by atoms with Crippen molar-refractivity contribution < 1.29 is 13.9 Å². The lowest BCUT2D eigenvalue weighted by atomic mass is 9.71. The van der Waals surface area contributed by atoms with Crippen LogP contribution in [0.4, 0.5) is 4.39 Å². The van der Waals surface area contributed by atoms with E-state index in [4.69, 9.17) is 16.3 Å². The second-order valence-electron chi connectivity index (χ2n) is 8.53. The number of ether oxygens (including phenoxy) is 1. The zero-order valence-electron chi connectivity index (χ0n) is 18.2. The largest absolute Gasteiger partial charge is 0.375 e. The molecule has 1 amide bonds. The molecule has 2 aromatic carbocycles. The van der Waals surface area contributed by atoms with Gasteiger partial charge in [0.15, 0.2) is 0 Å². The van der Waals surface area contributed by atoms with Crippen LogP contribution in [-0.2, 0) is 21.5 Å². The number of nitrogens with zero attached hydrogens (tertiary/aromatic N) is 1. The van der Waals surface area contributed by atoms with Crippen molar-refractivity contribution in [2.45, 2.75) is 57.2 Å². The Morgan fingerprint density at radius 2 is 1.97 bits per heavy atom. The minimum absolute atomic E-state index is 0.0462. The molecule has 0 saturated carbocycles. The number of amides is 1. The standard InChI is InChI=1S/C25H30ClFN2O2/c1-3-22(30)28-23-19-7-5-6-8-20(19)25(24(23)31-4-2)11-13-29(14-12-25)16-17-9-10-18(27)15-21(17)26/h5-10,15,23-24H,3-4,11-14,16H2,1-2H3,(H,28,30)/t23-,24+/m1/s1. The van der Waals surface area contributed by atoms with Crippen LogP contribution in [0.1, 0.15) is 55.8 Å². The average molecular weight is 445 g/mol. The SMILES string of the molecule is CCO[C@H]1[C@H](NC(=O)CC)c2ccccc2C12CCN(Cc1ccc(F)cc1Cl)CC2. The average Bonchev–Trinajstić information content (AvgIpc) is 3.01. The molecule has 6 heteroatoms. The van der Waals surface area contributed by atoms with Crippen molar-refractivity contribution in [2.75, 3.05) is 19.7 Å². The van der Waals surface area contributed by atoms with Crippen LogP contribution in [0.5, 0.6) is 0 Å². The number of benzene rings is 2. The van der Waals surface area contributed by atoms with Gasteiger partial charge < -0.3 is 10.1 Å². The van der Waals surface area contributed by atoms with Crippen LogP contribution in [0, 0.1) is 5.82 Å². The van der Waals surface area contributed by atoms with E-state index in [9.17, 15) is 9.18 Å². The number of hydrogen-bond acceptors (Lipinski definition) is 3. The molecule has 1 N–H and O–H groups in total. The van der Waals surface area contributed by atoms with Crippen LogP contribution >= 0.6 is 11.6 Å². The Morgan fingerprint density at radius 3 is 2.65 bits per heavy atom. The predicted molar refractivity (Wildman–Crippen MR) is 121 cm³/mol. The molecule has 0 radical (unpaired) electrons. The van der Waals surface area contributed by atoms with E-state index in [0.29, 0.717) is 24.6 Å². The summed E-state index contributed by atoms with van der Waals surface area (Å²) in [5.41, 5.74) is 3.30. The molecule has 2 aromatic rings. The fourth-order valence-corrected chi connectivity index (χ4v) is 5.50. The molecule has 1 aliphatic heterocycles.